The third-order valence-corrected chi connectivity index (χ3v) is 3.01. The maximum absolute atomic E-state index is 10.8. The molecule has 0 aliphatic carbocycles. The van der Waals surface area contributed by atoms with E-state index in [1.807, 2.05) is 31.2 Å². The Morgan fingerprint density at radius 1 is 1.35 bits per heavy atom. The van der Waals surface area contributed by atoms with E-state index >= 15 is 0 Å². The van der Waals surface area contributed by atoms with Gasteiger partial charge < -0.3 is 9.84 Å². The van der Waals surface area contributed by atoms with E-state index < -0.39 is 5.97 Å². The summed E-state index contributed by atoms with van der Waals surface area (Å²) in [6, 6.07) is 7.55. The summed E-state index contributed by atoms with van der Waals surface area (Å²) < 4.78 is 5.78. The van der Waals surface area contributed by atoms with Crippen molar-refractivity contribution in [2.24, 2.45) is 0 Å². The summed E-state index contributed by atoms with van der Waals surface area (Å²) in [6.45, 7) is 5.90. The maximum atomic E-state index is 10.8. The molecule has 0 aliphatic rings. The van der Waals surface area contributed by atoms with Crippen LogP contribution in [0.1, 0.15) is 51.5 Å². The molecule has 1 aromatic carbocycles. The molecule has 3 heteroatoms. The molecular formula is C17H22O3. The zero-order valence-corrected chi connectivity index (χ0v) is 12.3. The zero-order valence-electron chi connectivity index (χ0n) is 12.3. The van der Waals surface area contributed by atoms with Crippen LogP contribution in [0.3, 0.4) is 0 Å². The lowest BCUT2D eigenvalue weighted by Gasteiger charge is -2.15. The summed E-state index contributed by atoms with van der Waals surface area (Å²) in [5.41, 5.74) is 0.914. The molecule has 0 radical (unpaired) electrons. The first-order valence-electron chi connectivity index (χ1n) is 6.97. The third kappa shape index (κ3) is 5.36. The molecule has 0 saturated carbocycles. The highest BCUT2D eigenvalue weighted by atomic mass is 16.5. The van der Waals surface area contributed by atoms with Crippen molar-refractivity contribution in [3.8, 4) is 17.6 Å². The number of hydrogen-bond donors (Lipinski definition) is 1. The van der Waals surface area contributed by atoms with Crippen molar-refractivity contribution in [2.45, 2.75) is 52.1 Å². The Balaban J connectivity index is 2.76. The largest absolute Gasteiger partial charge is 0.491 e. The molecule has 108 valence electrons. The third-order valence-electron chi connectivity index (χ3n) is 3.01. The van der Waals surface area contributed by atoms with Crippen molar-refractivity contribution < 1.29 is 14.6 Å². The summed E-state index contributed by atoms with van der Waals surface area (Å²) >= 11 is 0. The average Bonchev–Trinajstić information content (AvgIpc) is 2.39. The van der Waals surface area contributed by atoms with Crippen molar-refractivity contribution in [3.63, 3.8) is 0 Å². The predicted octanol–water partition coefficient (Wildman–Crippen LogP) is 3.84. The van der Waals surface area contributed by atoms with E-state index in [1.165, 1.54) is 0 Å². The fraction of sp³-hybridized carbons (Fsp3) is 0.471. The van der Waals surface area contributed by atoms with Gasteiger partial charge in [-0.1, -0.05) is 31.4 Å². The molecule has 0 fully saturated rings. The van der Waals surface area contributed by atoms with E-state index in [0.717, 1.165) is 24.2 Å². The zero-order chi connectivity index (χ0) is 15.0. The molecule has 0 spiro atoms. The Labute approximate surface area is 121 Å². The number of ether oxygens (including phenoxy) is 1. The van der Waals surface area contributed by atoms with Crippen LogP contribution in [0.4, 0.5) is 0 Å². The normalized spacial score (nSPS) is 12.9. The first-order chi connectivity index (χ1) is 9.56. The Morgan fingerprint density at radius 3 is 2.50 bits per heavy atom. The van der Waals surface area contributed by atoms with Gasteiger partial charge in [-0.15, -0.1) is 5.92 Å². The van der Waals surface area contributed by atoms with Crippen molar-refractivity contribution in [2.75, 3.05) is 0 Å². The summed E-state index contributed by atoms with van der Waals surface area (Å²) in [5.74, 6) is 5.44. The lowest BCUT2D eigenvalue weighted by molar-refractivity contribution is -0.137. The van der Waals surface area contributed by atoms with Gasteiger partial charge in [0.15, 0.2) is 0 Å². The molecule has 0 aliphatic heterocycles. The number of carboxylic acids is 1. The lowest BCUT2D eigenvalue weighted by atomic mass is 9.96. The van der Waals surface area contributed by atoms with Crippen molar-refractivity contribution in [1.29, 1.82) is 0 Å². The van der Waals surface area contributed by atoms with Crippen LogP contribution in [-0.2, 0) is 4.79 Å². The molecular weight excluding hydrogens is 252 g/mol. The number of carbonyl (C=O) groups is 1. The molecule has 1 N–H and O–H groups in total. The van der Waals surface area contributed by atoms with Gasteiger partial charge in [0, 0.05) is 0 Å². The first-order valence-corrected chi connectivity index (χ1v) is 6.97. The number of carboxylic acid groups (broad SMARTS) is 1. The van der Waals surface area contributed by atoms with Gasteiger partial charge in [-0.05, 0) is 38.0 Å². The molecule has 20 heavy (non-hydrogen) atoms. The van der Waals surface area contributed by atoms with E-state index in [1.54, 1.807) is 6.92 Å². The van der Waals surface area contributed by atoms with Gasteiger partial charge in [-0.3, -0.25) is 4.79 Å². The molecule has 0 saturated heterocycles. The minimum Gasteiger partial charge on any atom is -0.491 e. The number of aliphatic carboxylic acids is 1. The lowest BCUT2D eigenvalue weighted by Crippen LogP contribution is -2.11. The highest BCUT2D eigenvalue weighted by molar-refractivity contribution is 5.69. The first kappa shape index (κ1) is 16.1. The van der Waals surface area contributed by atoms with Gasteiger partial charge in [-0.2, -0.15) is 0 Å². The Bertz CT molecular complexity index is 479. The topological polar surface area (TPSA) is 46.5 Å². The SMILES string of the molecule is CC#C[C@@H](CC(=O)O)c1ccc(O[C@H](C)CCC)cc1. The fourth-order valence-electron chi connectivity index (χ4n) is 2.08. The molecule has 1 rings (SSSR count). The number of rotatable bonds is 7. The minimum atomic E-state index is -0.838. The van der Waals surface area contributed by atoms with Crippen LogP contribution in [-0.4, -0.2) is 17.2 Å². The van der Waals surface area contributed by atoms with Gasteiger partial charge in [-0.25, -0.2) is 0 Å². The minimum absolute atomic E-state index is 0.0211. The van der Waals surface area contributed by atoms with E-state index in [4.69, 9.17) is 9.84 Å². The molecule has 3 nitrogen and oxygen atoms in total. The Hall–Kier alpha value is -1.95. The van der Waals surface area contributed by atoms with Gasteiger partial charge in [0.05, 0.1) is 18.4 Å². The van der Waals surface area contributed by atoms with Crippen LogP contribution >= 0.6 is 0 Å². The molecule has 1 aromatic rings. The predicted molar refractivity (Wildman–Crippen MR) is 79.9 cm³/mol. The monoisotopic (exact) mass is 274 g/mol. The summed E-state index contributed by atoms with van der Waals surface area (Å²) in [5, 5.41) is 8.91. The molecule has 0 heterocycles. The number of benzene rings is 1. The van der Waals surface area contributed by atoms with Crippen molar-refractivity contribution in [1.82, 2.24) is 0 Å². The summed E-state index contributed by atoms with van der Waals surface area (Å²) in [4.78, 5) is 10.8. The Kier molecular flexibility index (Phi) is 6.66. The van der Waals surface area contributed by atoms with Crippen molar-refractivity contribution >= 4 is 5.97 Å². The van der Waals surface area contributed by atoms with E-state index in [0.29, 0.717) is 0 Å². The number of hydrogen-bond acceptors (Lipinski definition) is 2. The van der Waals surface area contributed by atoms with Crippen LogP contribution in [0, 0.1) is 11.8 Å². The Morgan fingerprint density at radius 2 is 2.00 bits per heavy atom. The molecule has 0 aromatic heterocycles. The standard InChI is InChI=1S/C17H22O3/c1-4-6-13(3)20-16-10-8-14(9-11-16)15(7-5-2)12-17(18)19/h8-11,13,15H,4,6,12H2,1-3H3,(H,18,19)/t13-,15+/m1/s1. The van der Waals surface area contributed by atoms with Crippen molar-refractivity contribution in [3.05, 3.63) is 29.8 Å². The second-order valence-electron chi connectivity index (χ2n) is 4.83. The quantitative estimate of drug-likeness (QED) is 0.768. The highest BCUT2D eigenvalue weighted by Gasteiger charge is 2.13. The molecule has 0 amide bonds. The second kappa shape index (κ2) is 8.27. The smallest absolute Gasteiger partial charge is 0.304 e. The van der Waals surface area contributed by atoms with Crippen LogP contribution in [0.2, 0.25) is 0 Å². The van der Waals surface area contributed by atoms with E-state index in [-0.39, 0.29) is 18.4 Å². The average molecular weight is 274 g/mol. The van der Waals surface area contributed by atoms with E-state index in [2.05, 4.69) is 18.8 Å². The van der Waals surface area contributed by atoms with Crippen LogP contribution in [0.15, 0.2) is 24.3 Å². The van der Waals surface area contributed by atoms with Gasteiger partial charge in [0.1, 0.15) is 5.75 Å². The summed E-state index contributed by atoms with van der Waals surface area (Å²) in [6.07, 6.45) is 2.32. The second-order valence-corrected chi connectivity index (χ2v) is 4.83. The molecule has 0 unspecified atom stereocenters. The van der Waals surface area contributed by atoms with Gasteiger partial charge in [0.25, 0.3) is 0 Å². The van der Waals surface area contributed by atoms with Gasteiger partial charge >= 0.3 is 5.97 Å². The maximum Gasteiger partial charge on any atom is 0.304 e. The van der Waals surface area contributed by atoms with Crippen LogP contribution in [0.5, 0.6) is 5.75 Å². The molecule has 2 atom stereocenters. The van der Waals surface area contributed by atoms with Crippen LogP contribution < -0.4 is 4.74 Å². The summed E-state index contributed by atoms with van der Waals surface area (Å²) in [7, 11) is 0. The van der Waals surface area contributed by atoms with Crippen LogP contribution in [0.25, 0.3) is 0 Å². The fourth-order valence-corrected chi connectivity index (χ4v) is 2.08. The molecule has 0 bridgehead atoms. The van der Waals surface area contributed by atoms with Gasteiger partial charge in [0.2, 0.25) is 0 Å². The highest BCUT2D eigenvalue weighted by Crippen LogP contribution is 2.23. The van der Waals surface area contributed by atoms with E-state index in [9.17, 15) is 4.79 Å².